The molecule has 1 saturated carbocycles. The molecule has 5 heteroatoms. The Kier molecular flexibility index (Phi) is 2.78. The molecule has 1 aromatic carbocycles. The van der Waals surface area contributed by atoms with Crippen molar-refractivity contribution in [1.82, 2.24) is 10.2 Å². The summed E-state index contributed by atoms with van der Waals surface area (Å²) >= 11 is 0. The lowest BCUT2D eigenvalue weighted by atomic mass is 9.64. The van der Waals surface area contributed by atoms with Gasteiger partial charge >= 0.3 is 0 Å². The van der Waals surface area contributed by atoms with Gasteiger partial charge in [-0.05, 0) is 30.7 Å². The normalized spacial score (nSPS) is 24.8. The minimum atomic E-state index is -0.220. The molecule has 0 amide bonds. The van der Waals surface area contributed by atoms with Gasteiger partial charge in [-0.25, -0.2) is 0 Å². The SMILES string of the molecule is CC1(C)C(O)CC1Nc1ccc(-c2nnco2)cc1. The number of rotatable bonds is 3. The van der Waals surface area contributed by atoms with Crippen molar-refractivity contribution >= 4 is 5.69 Å². The maximum absolute atomic E-state index is 9.73. The Hall–Kier alpha value is -1.88. The highest BCUT2D eigenvalue weighted by Gasteiger charge is 2.47. The van der Waals surface area contributed by atoms with Gasteiger partial charge in [0.2, 0.25) is 12.3 Å². The molecule has 1 aliphatic rings. The lowest BCUT2D eigenvalue weighted by Crippen LogP contribution is -2.56. The predicted octanol–water partition coefficient (Wildman–Crippen LogP) is 2.31. The molecule has 19 heavy (non-hydrogen) atoms. The van der Waals surface area contributed by atoms with E-state index in [-0.39, 0.29) is 11.5 Å². The van der Waals surface area contributed by atoms with Gasteiger partial charge in [0.1, 0.15) is 0 Å². The maximum Gasteiger partial charge on any atom is 0.247 e. The molecule has 1 aromatic heterocycles. The molecule has 0 bridgehead atoms. The van der Waals surface area contributed by atoms with Crippen LogP contribution in [0, 0.1) is 5.41 Å². The fraction of sp³-hybridized carbons (Fsp3) is 0.429. The minimum absolute atomic E-state index is 0.0782. The summed E-state index contributed by atoms with van der Waals surface area (Å²) in [5.74, 6) is 0.519. The maximum atomic E-state index is 9.73. The molecule has 100 valence electrons. The Morgan fingerprint density at radius 2 is 2.05 bits per heavy atom. The third-order valence-electron chi connectivity index (χ3n) is 4.05. The second-order valence-corrected chi connectivity index (χ2v) is 5.59. The number of benzene rings is 1. The molecule has 1 heterocycles. The molecule has 2 unspecified atom stereocenters. The average molecular weight is 259 g/mol. The van der Waals surface area contributed by atoms with E-state index in [1.165, 1.54) is 6.39 Å². The van der Waals surface area contributed by atoms with E-state index in [1.807, 2.05) is 24.3 Å². The van der Waals surface area contributed by atoms with Crippen LogP contribution >= 0.6 is 0 Å². The molecular weight excluding hydrogens is 242 g/mol. The van der Waals surface area contributed by atoms with Gasteiger partial charge in [0.05, 0.1) is 6.10 Å². The van der Waals surface area contributed by atoms with Gasteiger partial charge in [0.15, 0.2) is 0 Å². The second kappa shape index (κ2) is 4.35. The van der Waals surface area contributed by atoms with E-state index >= 15 is 0 Å². The second-order valence-electron chi connectivity index (χ2n) is 5.59. The van der Waals surface area contributed by atoms with Crippen molar-refractivity contribution in [2.45, 2.75) is 32.4 Å². The van der Waals surface area contributed by atoms with E-state index < -0.39 is 0 Å². The molecule has 2 aromatic rings. The van der Waals surface area contributed by atoms with Crippen molar-refractivity contribution in [2.24, 2.45) is 5.41 Å². The summed E-state index contributed by atoms with van der Waals surface area (Å²) in [6.45, 7) is 4.15. The summed E-state index contributed by atoms with van der Waals surface area (Å²) < 4.78 is 5.14. The predicted molar refractivity (Wildman–Crippen MR) is 71.5 cm³/mol. The Morgan fingerprint density at radius 1 is 1.32 bits per heavy atom. The first-order valence-corrected chi connectivity index (χ1v) is 6.38. The first kappa shape index (κ1) is 12.2. The van der Waals surface area contributed by atoms with Crippen molar-refractivity contribution in [3.63, 3.8) is 0 Å². The number of hydrogen-bond donors (Lipinski definition) is 2. The lowest BCUT2D eigenvalue weighted by molar-refractivity contribution is -0.0510. The fourth-order valence-electron chi connectivity index (χ4n) is 2.36. The number of aliphatic hydroxyl groups excluding tert-OH is 1. The standard InChI is InChI=1S/C14H17N3O2/c1-14(2)11(7-12(14)18)16-10-5-3-9(4-6-10)13-17-15-8-19-13/h3-6,8,11-12,16,18H,7H2,1-2H3. The fourth-order valence-corrected chi connectivity index (χ4v) is 2.36. The number of nitrogens with one attached hydrogen (secondary N) is 1. The largest absolute Gasteiger partial charge is 0.423 e. The van der Waals surface area contributed by atoms with Crippen molar-refractivity contribution in [2.75, 3.05) is 5.32 Å². The van der Waals surface area contributed by atoms with Crippen molar-refractivity contribution < 1.29 is 9.52 Å². The molecular formula is C14H17N3O2. The van der Waals surface area contributed by atoms with Crippen LogP contribution in [0.4, 0.5) is 5.69 Å². The van der Waals surface area contributed by atoms with E-state index in [9.17, 15) is 5.11 Å². The molecule has 1 aliphatic carbocycles. The van der Waals surface area contributed by atoms with Gasteiger partial charge in [-0.1, -0.05) is 13.8 Å². The summed E-state index contributed by atoms with van der Waals surface area (Å²) in [6.07, 6.45) is 1.89. The summed E-state index contributed by atoms with van der Waals surface area (Å²) in [5, 5.41) is 20.7. The molecule has 2 N–H and O–H groups in total. The molecule has 5 nitrogen and oxygen atoms in total. The smallest absolute Gasteiger partial charge is 0.247 e. The first-order valence-electron chi connectivity index (χ1n) is 6.38. The van der Waals surface area contributed by atoms with Crippen LogP contribution in [-0.4, -0.2) is 27.4 Å². The summed E-state index contributed by atoms with van der Waals surface area (Å²) in [7, 11) is 0. The van der Waals surface area contributed by atoms with Crippen LogP contribution < -0.4 is 5.32 Å². The van der Waals surface area contributed by atoms with Gasteiger partial charge in [0, 0.05) is 22.7 Å². The Labute approximate surface area is 111 Å². The van der Waals surface area contributed by atoms with Crippen LogP contribution in [0.15, 0.2) is 35.1 Å². The number of nitrogens with zero attached hydrogens (tertiary/aromatic N) is 2. The van der Waals surface area contributed by atoms with Crippen molar-refractivity contribution in [3.05, 3.63) is 30.7 Å². The Morgan fingerprint density at radius 3 is 2.58 bits per heavy atom. The van der Waals surface area contributed by atoms with Crippen LogP contribution in [0.5, 0.6) is 0 Å². The highest BCUT2D eigenvalue weighted by atomic mass is 16.4. The van der Waals surface area contributed by atoms with E-state index in [1.54, 1.807) is 0 Å². The summed E-state index contributed by atoms with van der Waals surface area (Å²) in [5.41, 5.74) is 1.86. The Bertz CT molecular complexity index is 549. The zero-order valence-electron chi connectivity index (χ0n) is 11.0. The van der Waals surface area contributed by atoms with Gasteiger partial charge in [-0.15, -0.1) is 10.2 Å². The molecule has 3 rings (SSSR count). The number of aliphatic hydroxyl groups is 1. The van der Waals surface area contributed by atoms with Crippen LogP contribution in [0.3, 0.4) is 0 Å². The molecule has 0 spiro atoms. The monoisotopic (exact) mass is 259 g/mol. The molecule has 2 atom stereocenters. The van der Waals surface area contributed by atoms with E-state index in [2.05, 4.69) is 29.4 Å². The van der Waals surface area contributed by atoms with Crippen LogP contribution in [0.1, 0.15) is 20.3 Å². The van der Waals surface area contributed by atoms with Crippen molar-refractivity contribution in [3.8, 4) is 11.5 Å². The molecule has 0 aliphatic heterocycles. The third kappa shape index (κ3) is 2.10. The number of anilines is 1. The lowest BCUT2D eigenvalue weighted by Gasteiger charge is -2.49. The van der Waals surface area contributed by atoms with E-state index in [0.717, 1.165) is 17.7 Å². The van der Waals surface area contributed by atoms with E-state index in [4.69, 9.17) is 4.42 Å². The van der Waals surface area contributed by atoms with Gasteiger partial charge in [-0.2, -0.15) is 0 Å². The van der Waals surface area contributed by atoms with Crippen LogP contribution in [0.25, 0.3) is 11.5 Å². The zero-order chi connectivity index (χ0) is 13.5. The van der Waals surface area contributed by atoms with Crippen LogP contribution in [0.2, 0.25) is 0 Å². The Balaban J connectivity index is 1.70. The topological polar surface area (TPSA) is 71.2 Å². The van der Waals surface area contributed by atoms with Gasteiger partial charge in [-0.3, -0.25) is 0 Å². The molecule has 0 radical (unpaired) electrons. The zero-order valence-corrected chi connectivity index (χ0v) is 11.0. The highest BCUT2D eigenvalue weighted by molar-refractivity contribution is 5.58. The van der Waals surface area contributed by atoms with E-state index in [0.29, 0.717) is 11.9 Å². The summed E-state index contributed by atoms with van der Waals surface area (Å²) in [4.78, 5) is 0. The molecule has 1 fully saturated rings. The average Bonchev–Trinajstić information content (AvgIpc) is 2.93. The van der Waals surface area contributed by atoms with Gasteiger partial charge < -0.3 is 14.8 Å². The van der Waals surface area contributed by atoms with Crippen molar-refractivity contribution in [1.29, 1.82) is 0 Å². The minimum Gasteiger partial charge on any atom is -0.423 e. The number of aromatic nitrogens is 2. The quantitative estimate of drug-likeness (QED) is 0.885. The number of hydrogen-bond acceptors (Lipinski definition) is 5. The van der Waals surface area contributed by atoms with Crippen LogP contribution in [-0.2, 0) is 0 Å². The molecule has 0 saturated heterocycles. The van der Waals surface area contributed by atoms with Gasteiger partial charge in [0.25, 0.3) is 0 Å². The highest BCUT2D eigenvalue weighted by Crippen LogP contribution is 2.42. The summed E-state index contributed by atoms with van der Waals surface area (Å²) in [6, 6.07) is 8.16. The third-order valence-corrected chi connectivity index (χ3v) is 4.05. The first-order chi connectivity index (χ1) is 9.07.